The van der Waals surface area contributed by atoms with Crippen LogP contribution in [-0.2, 0) is 11.3 Å². The van der Waals surface area contributed by atoms with Crippen LogP contribution in [0.2, 0.25) is 0 Å². The molecule has 1 aliphatic heterocycles. The fraction of sp³-hybridized carbons (Fsp3) is 0.500. The topological polar surface area (TPSA) is 40.5 Å². The normalized spacial score (nSPS) is 25.0. The maximum Gasteiger partial charge on any atom is 0.320 e. The summed E-state index contributed by atoms with van der Waals surface area (Å²) in [7, 11) is 0. The first-order valence-electron chi connectivity index (χ1n) is 6.28. The fourth-order valence-electron chi connectivity index (χ4n) is 2.48. The molecule has 1 saturated heterocycles. The monoisotopic (exact) mass is 251 g/mol. The van der Waals surface area contributed by atoms with E-state index in [1.165, 1.54) is 6.07 Å². The van der Waals surface area contributed by atoms with Crippen molar-refractivity contribution in [1.29, 1.82) is 0 Å². The van der Waals surface area contributed by atoms with Gasteiger partial charge in [0.05, 0.1) is 0 Å². The average Bonchev–Trinajstić information content (AvgIpc) is 2.34. The number of benzene rings is 1. The van der Waals surface area contributed by atoms with Crippen LogP contribution in [-0.4, -0.2) is 28.6 Å². The Kier molecular flexibility index (Phi) is 3.97. The van der Waals surface area contributed by atoms with Gasteiger partial charge in [-0.15, -0.1) is 0 Å². The molecule has 0 radical (unpaired) electrons. The van der Waals surface area contributed by atoms with Crippen LogP contribution in [0.25, 0.3) is 0 Å². The number of aliphatic carboxylic acids is 1. The maximum absolute atomic E-state index is 13.6. The SMILES string of the molecule is C[C@H]1CCN(Cc2ccccc2F)[C@@H](C(=O)O)C1. The van der Waals surface area contributed by atoms with E-state index in [9.17, 15) is 14.3 Å². The quantitative estimate of drug-likeness (QED) is 0.897. The molecule has 1 aromatic rings. The van der Waals surface area contributed by atoms with E-state index in [1.807, 2.05) is 4.90 Å². The number of halogens is 1. The Labute approximate surface area is 106 Å². The minimum absolute atomic E-state index is 0.264. The van der Waals surface area contributed by atoms with Gasteiger partial charge in [0.25, 0.3) is 0 Å². The highest BCUT2D eigenvalue weighted by Gasteiger charge is 2.31. The minimum atomic E-state index is -0.808. The molecular formula is C14H18FNO2. The zero-order valence-electron chi connectivity index (χ0n) is 10.5. The van der Waals surface area contributed by atoms with Gasteiger partial charge in [-0.05, 0) is 31.4 Å². The Bertz CT molecular complexity index is 436. The summed E-state index contributed by atoms with van der Waals surface area (Å²) in [4.78, 5) is 13.1. The van der Waals surface area contributed by atoms with Crippen molar-refractivity contribution < 1.29 is 14.3 Å². The highest BCUT2D eigenvalue weighted by Crippen LogP contribution is 2.24. The van der Waals surface area contributed by atoms with E-state index < -0.39 is 12.0 Å². The second kappa shape index (κ2) is 5.48. The van der Waals surface area contributed by atoms with Crippen LogP contribution < -0.4 is 0 Å². The zero-order chi connectivity index (χ0) is 13.1. The summed E-state index contributed by atoms with van der Waals surface area (Å²) in [6.45, 7) is 3.15. The maximum atomic E-state index is 13.6. The molecule has 2 rings (SSSR count). The van der Waals surface area contributed by atoms with Crippen LogP contribution in [0.4, 0.5) is 4.39 Å². The summed E-state index contributed by atoms with van der Waals surface area (Å²) in [5.41, 5.74) is 0.568. The molecule has 0 amide bonds. The molecule has 1 fully saturated rings. The third-order valence-corrected chi connectivity index (χ3v) is 3.59. The lowest BCUT2D eigenvalue weighted by molar-refractivity contribution is -0.145. The molecule has 4 heteroatoms. The van der Waals surface area contributed by atoms with Crippen molar-refractivity contribution in [3.63, 3.8) is 0 Å². The summed E-state index contributed by atoms with van der Waals surface area (Å²) in [6.07, 6.45) is 1.61. The van der Waals surface area contributed by atoms with Gasteiger partial charge in [-0.25, -0.2) is 4.39 Å². The third kappa shape index (κ3) is 2.88. The van der Waals surface area contributed by atoms with Gasteiger partial charge in [0.2, 0.25) is 0 Å². The summed E-state index contributed by atoms with van der Waals surface area (Å²) in [6, 6.07) is 6.06. The smallest absolute Gasteiger partial charge is 0.320 e. The van der Waals surface area contributed by atoms with E-state index >= 15 is 0 Å². The molecule has 98 valence electrons. The lowest BCUT2D eigenvalue weighted by atomic mass is 9.92. The summed E-state index contributed by atoms with van der Waals surface area (Å²) < 4.78 is 13.6. The van der Waals surface area contributed by atoms with Crippen LogP contribution in [0.15, 0.2) is 24.3 Å². The van der Waals surface area contributed by atoms with Gasteiger partial charge < -0.3 is 5.11 Å². The number of nitrogens with zero attached hydrogens (tertiary/aromatic N) is 1. The summed E-state index contributed by atoms with van der Waals surface area (Å²) in [5, 5.41) is 9.24. The van der Waals surface area contributed by atoms with Gasteiger partial charge in [0.1, 0.15) is 11.9 Å². The van der Waals surface area contributed by atoms with Gasteiger partial charge in [0, 0.05) is 12.1 Å². The highest BCUT2D eigenvalue weighted by atomic mass is 19.1. The van der Waals surface area contributed by atoms with Crippen LogP contribution in [0.3, 0.4) is 0 Å². The Morgan fingerprint density at radius 1 is 1.50 bits per heavy atom. The zero-order valence-corrected chi connectivity index (χ0v) is 10.5. The van der Waals surface area contributed by atoms with Crippen molar-refractivity contribution in [1.82, 2.24) is 4.90 Å². The number of carboxylic acids is 1. The van der Waals surface area contributed by atoms with Crippen LogP contribution in [0.1, 0.15) is 25.3 Å². The first-order valence-corrected chi connectivity index (χ1v) is 6.28. The summed E-state index contributed by atoms with van der Waals surface area (Å²) >= 11 is 0. The molecule has 1 aromatic carbocycles. The van der Waals surface area contributed by atoms with Crippen LogP contribution in [0, 0.1) is 11.7 Å². The van der Waals surface area contributed by atoms with Crippen molar-refractivity contribution in [3.8, 4) is 0 Å². The molecule has 18 heavy (non-hydrogen) atoms. The van der Waals surface area contributed by atoms with Crippen molar-refractivity contribution >= 4 is 5.97 Å². The number of carboxylic acid groups (broad SMARTS) is 1. The van der Waals surface area contributed by atoms with Crippen molar-refractivity contribution in [2.24, 2.45) is 5.92 Å². The molecule has 1 aliphatic rings. The molecule has 0 saturated carbocycles. The Morgan fingerprint density at radius 2 is 2.22 bits per heavy atom. The number of piperidine rings is 1. The molecule has 0 spiro atoms. The minimum Gasteiger partial charge on any atom is -0.480 e. The molecule has 0 aromatic heterocycles. The Hall–Kier alpha value is -1.42. The highest BCUT2D eigenvalue weighted by molar-refractivity contribution is 5.73. The predicted octanol–water partition coefficient (Wildman–Crippen LogP) is 2.51. The molecular weight excluding hydrogens is 233 g/mol. The lowest BCUT2D eigenvalue weighted by Crippen LogP contribution is -2.46. The molecule has 0 aliphatic carbocycles. The van der Waals surface area contributed by atoms with E-state index in [-0.39, 0.29) is 5.82 Å². The number of likely N-dealkylation sites (tertiary alicyclic amines) is 1. The number of hydrogen-bond acceptors (Lipinski definition) is 2. The van der Waals surface area contributed by atoms with E-state index in [2.05, 4.69) is 6.92 Å². The van der Waals surface area contributed by atoms with E-state index in [0.29, 0.717) is 31.0 Å². The molecule has 0 bridgehead atoms. The number of rotatable bonds is 3. The van der Waals surface area contributed by atoms with Crippen molar-refractivity contribution in [2.75, 3.05) is 6.54 Å². The van der Waals surface area contributed by atoms with Crippen molar-refractivity contribution in [2.45, 2.75) is 32.4 Å². The van der Waals surface area contributed by atoms with E-state index in [1.54, 1.807) is 18.2 Å². The molecule has 1 N–H and O–H groups in total. The average molecular weight is 251 g/mol. The molecule has 0 unspecified atom stereocenters. The molecule has 1 heterocycles. The lowest BCUT2D eigenvalue weighted by Gasteiger charge is -2.36. The van der Waals surface area contributed by atoms with Crippen molar-refractivity contribution in [3.05, 3.63) is 35.6 Å². The van der Waals surface area contributed by atoms with Gasteiger partial charge >= 0.3 is 5.97 Å². The third-order valence-electron chi connectivity index (χ3n) is 3.59. The second-order valence-corrected chi connectivity index (χ2v) is 5.05. The standard InChI is InChI=1S/C14H18FNO2/c1-10-6-7-16(13(8-10)14(17)18)9-11-4-2-3-5-12(11)15/h2-5,10,13H,6-9H2,1H3,(H,17,18)/t10-,13+/m0/s1. The first-order chi connectivity index (χ1) is 8.58. The van der Waals surface area contributed by atoms with Crippen LogP contribution in [0.5, 0.6) is 0 Å². The van der Waals surface area contributed by atoms with Crippen LogP contribution >= 0.6 is 0 Å². The fourth-order valence-corrected chi connectivity index (χ4v) is 2.48. The van der Waals surface area contributed by atoms with E-state index in [4.69, 9.17) is 0 Å². The van der Waals surface area contributed by atoms with Gasteiger partial charge in [0.15, 0.2) is 0 Å². The number of hydrogen-bond donors (Lipinski definition) is 1. The Morgan fingerprint density at radius 3 is 2.89 bits per heavy atom. The second-order valence-electron chi connectivity index (χ2n) is 5.05. The van der Waals surface area contributed by atoms with Gasteiger partial charge in [-0.2, -0.15) is 0 Å². The summed E-state index contributed by atoms with van der Waals surface area (Å²) in [5.74, 6) is -0.652. The Balaban J connectivity index is 2.12. The number of carbonyl (C=O) groups is 1. The largest absolute Gasteiger partial charge is 0.480 e. The van der Waals surface area contributed by atoms with Gasteiger partial charge in [-0.3, -0.25) is 9.69 Å². The predicted molar refractivity (Wildman–Crippen MR) is 66.6 cm³/mol. The molecule has 2 atom stereocenters. The first kappa shape index (κ1) is 13.0. The van der Waals surface area contributed by atoms with Gasteiger partial charge in [-0.1, -0.05) is 25.1 Å². The van der Waals surface area contributed by atoms with E-state index in [0.717, 1.165) is 6.42 Å². The molecule has 3 nitrogen and oxygen atoms in total.